The third-order valence-corrected chi connectivity index (χ3v) is 3.78. The Bertz CT molecular complexity index is 666. The van der Waals surface area contributed by atoms with Crippen molar-refractivity contribution in [2.24, 2.45) is 0 Å². The molecule has 2 aromatic carbocycles. The topological polar surface area (TPSA) is 49.4 Å². The normalized spacial score (nSPS) is 10.2. The Morgan fingerprint density at radius 3 is 2.29 bits per heavy atom. The van der Waals surface area contributed by atoms with Crippen LogP contribution >= 0.6 is 0 Å². The Kier molecular flexibility index (Phi) is 6.55. The van der Waals surface area contributed by atoms with Crippen molar-refractivity contribution >= 4 is 17.5 Å². The Morgan fingerprint density at radius 2 is 1.67 bits per heavy atom. The standard InChI is InChI=1S/C20H24N2O2/c1-3-4-10-19(23)21-18-13-11-17(12-14-18)20(24)22(2)15-16-8-6-5-7-9-16/h5-9,11-14H,3-4,10,15H2,1-2H3,(H,21,23). The van der Waals surface area contributed by atoms with E-state index in [-0.39, 0.29) is 11.8 Å². The van der Waals surface area contributed by atoms with Gasteiger partial charge in [-0.05, 0) is 36.2 Å². The monoisotopic (exact) mass is 324 g/mol. The lowest BCUT2D eigenvalue weighted by molar-refractivity contribution is -0.116. The van der Waals surface area contributed by atoms with Crippen molar-refractivity contribution in [3.63, 3.8) is 0 Å². The van der Waals surface area contributed by atoms with Gasteiger partial charge in [0.15, 0.2) is 0 Å². The molecule has 0 aliphatic heterocycles. The predicted molar refractivity (Wildman–Crippen MR) is 96.8 cm³/mol. The second kappa shape index (κ2) is 8.87. The van der Waals surface area contributed by atoms with Gasteiger partial charge in [0.1, 0.15) is 0 Å². The largest absolute Gasteiger partial charge is 0.337 e. The molecule has 2 rings (SSSR count). The van der Waals surface area contributed by atoms with Crippen LogP contribution in [0.5, 0.6) is 0 Å². The van der Waals surface area contributed by atoms with Gasteiger partial charge < -0.3 is 10.2 Å². The van der Waals surface area contributed by atoms with Gasteiger partial charge >= 0.3 is 0 Å². The van der Waals surface area contributed by atoms with E-state index in [0.29, 0.717) is 18.5 Å². The van der Waals surface area contributed by atoms with Crippen LogP contribution in [-0.2, 0) is 11.3 Å². The summed E-state index contributed by atoms with van der Waals surface area (Å²) in [5.74, 6) is -0.0279. The molecule has 0 radical (unpaired) electrons. The highest BCUT2D eigenvalue weighted by Crippen LogP contribution is 2.13. The molecule has 0 aliphatic rings. The summed E-state index contributed by atoms with van der Waals surface area (Å²) >= 11 is 0. The molecular formula is C20H24N2O2. The Morgan fingerprint density at radius 1 is 1.00 bits per heavy atom. The summed E-state index contributed by atoms with van der Waals surface area (Å²) in [5.41, 5.74) is 2.42. The fourth-order valence-corrected chi connectivity index (χ4v) is 2.41. The summed E-state index contributed by atoms with van der Waals surface area (Å²) in [6.45, 7) is 2.62. The Hall–Kier alpha value is -2.62. The molecule has 0 spiro atoms. The van der Waals surface area contributed by atoms with Gasteiger partial charge in [-0.2, -0.15) is 0 Å². The lowest BCUT2D eigenvalue weighted by atomic mass is 10.1. The molecule has 2 aromatic rings. The lowest BCUT2D eigenvalue weighted by Gasteiger charge is -2.17. The fourth-order valence-electron chi connectivity index (χ4n) is 2.41. The minimum Gasteiger partial charge on any atom is -0.337 e. The van der Waals surface area contributed by atoms with E-state index in [4.69, 9.17) is 0 Å². The van der Waals surface area contributed by atoms with Gasteiger partial charge in [0.05, 0.1) is 0 Å². The molecule has 0 saturated carbocycles. The molecule has 2 amide bonds. The van der Waals surface area contributed by atoms with Crippen molar-refractivity contribution in [3.8, 4) is 0 Å². The van der Waals surface area contributed by atoms with E-state index < -0.39 is 0 Å². The van der Waals surface area contributed by atoms with Crippen LogP contribution in [0.4, 0.5) is 5.69 Å². The number of nitrogens with one attached hydrogen (secondary N) is 1. The van der Waals surface area contributed by atoms with Crippen LogP contribution in [0.1, 0.15) is 42.1 Å². The van der Waals surface area contributed by atoms with Crippen LogP contribution in [0.15, 0.2) is 54.6 Å². The average Bonchev–Trinajstić information content (AvgIpc) is 2.61. The first-order chi connectivity index (χ1) is 11.6. The zero-order valence-corrected chi connectivity index (χ0v) is 14.3. The van der Waals surface area contributed by atoms with Crippen molar-refractivity contribution in [1.29, 1.82) is 0 Å². The van der Waals surface area contributed by atoms with Gasteiger partial charge in [-0.25, -0.2) is 0 Å². The predicted octanol–water partition coefficient (Wildman–Crippen LogP) is 4.09. The number of carbonyl (C=O) groups is 2. The van der Waals surface area contributed by atoms with E-state index in [0.717, 1.165) is 24.1 Å². The summed E-state index contributed by atoms with van der Waals surface area (Å²) in [6, 6.07) is 16.9. The maximum Gasteiger partial charge on any atom is 0.253 e. The number of nitrogens with zero attached hydrogens (tertiary/aromatic N) is 1. The van der Waals surface area contributed by atoms with Crippen LogP contribution in [0.3, 0.4) is 0 Å². The number of amides is 2. The number of unbranched alkanes of at least 4 members (excludes halogenated alkanes) is 1. The molecule has 24 heavy (non-hydrogen) atoms. The molecule has 0 aromatic heterocycles. The van der Waals surface area contributed by atoms with Gasteiger partial charge in [-0.3, -0.25) is 9.59 Å². The van der Waals surface area contributed by atoms with Gasteiger partial charge in [0.2, 0.25) is 5.91 Å². The first kappa shape index (κ1) is 17.7. The summed E-state index contributed by atoms with van der Waals surface area (Å²) < 4.78 is 0. The van der Waals surface area contributed by atoms with Gasteiger partial charge in [-0.15, -0.1) is 0 Å². The number of carbonyl (C=O) groups excluding carboxylic acids is 2. The number of rotatable bonds is 7. The maximum atomic E-state index is 12.5. The molecule has 0 aliphatic carbocycles. The van der Waals surface area contributed by atoms with Crippen LogP contribution in [0.25, 0.3) is 0 Å². The van der Waals surface area contributed by atoms with Crippen LogP contribution in [0, 0.1) is 0 Å². The Labute approximate surface area is 143 Å². The highest BCUT2D eigenvalue weighted by Gasteiger charge is 2.12. The molecule has 0 fully saturated rings. The van der Waals surface area contributed by atoms with E-state index in [2.05, 4.69) is 12.2 Å². The van der Waals surface area contributed by atoms with Crippen molar-refractivity contribution in [3.05, 3.63) is 65.7 Å². The van der Waals surface area contributed by atoms with E-state index in [9.17, 15) is 9.59 Å². The van der Waals surface area contributed by atoms with Crippen molar-refractivity contribution in [2.75, 3.05) is 12.4 Å². The van der Waals surface area contributed by atoms with E-state index >= 15 is 0 Å². The first-order valence-corrected chi connectivity index (χ1v) is 8.29. The summed E-state index contributed by atoms with van der Waals surface area (Å²) in [7, 11) is 1.79. The van der Waals surface area contributed by atoms with E-state index in [1.54, 1.807) is 36.2 Å². The smallest absolute Gasteiger partial charge is 0.253 e. The van der Waals surface area contributed by atoms with E-state index in [1.807, 2.05) is 30.3 Å². The average molecular weight is 324 g/mol. The minimum atomic E-state index is -0.0392. The second-order valence-corrected chi connectivity index (χ2v) is 5.88. The highest BCUT2D eigenvalue weighted by atomic mass is 16.2. The lowest BCUT2D eigenvalue weighted by Crippen LogP contribution is -2.26. The molecule has 126 valence electrons. The number of hydrogen-bond acceptors (Lipinski definition) is 2. The third-order valence-electron chi connectivity index (χ3n) is 3.78. The van der Waals surface area contributed by atoms with Crippen LogP contribution in [0.2, 0.25) is 0 Å². The zero-order chi connectivity index (χ0) is 17.4. The highest BCUT2D eigenvalue weighted by molar-refractivity contribution is 5.95. The summed E-state index contributed by atoms with van der Waals surface area (Å²) in [4.78, 5) is 25.9. The van der Waals surface area contributed by atoms with Crippen LogP contribution in [-0.4, -0.2) is 23.8 Å². The molecule has 0 saturated heterocycles. The molecule has 0 unspecified atom stereocenters. The summed E-state index contributed by atoms with van der Waals surface area (Å²) in [5, 5.41) is 2.85. The fraction of sp³-hybridized carbons (Fsp3) is 0.300. The molecule has 1 N–H and O–H groups in total. The zero-order valence-electron chi connectivity index (χ0n) is 14.3. The van der Waals surface area contributed by atoms with Crippen molar-refractivity contribution in [2.45, 2.75) is 32.7 Å². The quantitative estimate of drug-likeness (QED) is 0.834. The van der Waals surface area contributed by atoms with Gasteiger partial charge in [0, 0.05) is 31.3 Å². The minimum absolute atomic E-state index is 0.0112. The molecule has 0 heterocycles. The number of hydrogen-bond donors (Lipinski definition) is 1. The van der Waals surface area contributed by atoms with Crippen LogP contribution < -0.4 is 5.32 Å². The number of anilines is 1. The summed E-state index contributed by atoms with van der Waals surface area (Å²) in [6.07, 6.45) is 2.40. The number of benzene rings is 2. The molecule has 0 bridgehead atoms. The molecule has 4 heteroatoms. The Balaban J connectivity index is 1.94. The van der Waals surface area contributed by atoms with Crippen molar-refractivity contribution < 1.29 is 9.59 Å². The van der Waals surface area contributed by atoms with E-state index in [1.165, 1.54) is 0 Å². The third kappa shape index (κ3) is 5.23. The van der Waals surface area contributed by atoms with Gasteiger partial charge in [0.25, 0.3) is 5.91 Å². The SMILES string of the molecule is CCCCC(=O)Nc1ccc(C(=O)N(C)Cc2ccccc2)cc1. The maximum absolute atomic E-state index is 12.5. The first-order valence-electron chi connectivity index (χ1n) is 8.29. The molecular weight excluding hydrogens is 300 g/mol. The van der Waals surface area contributed by atoms with Crippen molar-refractivity contribution in [1.82, 2.24) is 4.90 Å². The molecule has 0 atom stereocenters. The van der Waals surface area contributed by atoms with Gasteiger partial charge in [-0.1, -0.05) is 43.7 Å². The second-order valence-electron chi connectivity index (χ2n) is 5.88. The molecule has 4 nitrogen and oxygen atoms in total.